The summed E-state index contributed by atoms with van der Waals surface area (Å²) in [6.45, 7) is 1.26. The number of hydrogen-bond acceptors (Lipinski definition) is 4. The monoisotopic (exact) mass is 348 g/mol. The van der Waals surface area contributed by atoms with Crippen molar-refractivity contribution in [1.29, 1.82) is 0 Å². The molecule has 1 aliphatic carbocycles. The lowest BCUT2D eigenvalue weighted by Gasteiger charge is -2.32. The van der Waals surface area contributed by atoms with E-state index in [4.69, 9.17) is 4.74 Å². The molecule has 2 amide bonds. The van der Waals surface area contributed by atoms with Crippen molar-refractivity contribution in [1.82, 2.24) is 10.2 Å². The fourth-order valence-electron chi connectivity index (χ4n) is 3.22. The summed E-state index contributed by atoms with van der Waals surface area (Å²) in [5.41, 5.74) is 0. The first-order valence-electron chi connectivity index (χ1n) is 8.65. The first-order valence-corrected chi connectivity index (χ1v) is 9.64. The zero-order chi connectivity index (χ0) is 16.8. The molecule has 0 unspecified atom stereocenters. The number of amides is 2. The van der Waals surface area contributed by atoms with Crippen LogP contribution in [0.5, 0.6) is 5.75 Å². The van der Waals surface area contributed by atoms with E-state index in [1.807, 2.05) is 30.3 Å². The average Bonchev–Trinajstić information content (AvgIpc) is 3.01. The van der Waals surface area contributed by atoms with E-state index >= 15 is 0 Å². The van der Waals surface area contributed by atoms with Crippen LogP contribution in [0.2, 0.25) is 0 Å². The third-order valence-electron chi connectivity index (χ3n) is 4.53. The molecule has 1 N–H and O–H groups in total. The molecule has 1 saturated carbocycles. The number of benzene rings is 1. The minimum atomic E-state index is 0.00765. The molecule has 1 saturated heterocycles. The Balaban J connectivity index is 1.49. The van der Waals surface area contributed by atoms with Gasteiger partial charge in [0.1, 0.15) is 11.9 Å². The van der Waals surface area contributed by atoms with E-state index in [0.717, 1.165) is 43.7 Å². The Morgan fingerprint density at radius 1 is 1.25 bits per heavy atom. The van der Waals surface area contributed by atoms with Crippen LogP contribution in [0.25, 0.3) is 0 Å². The van der Waals surface area contributed by atoms with Gasteiger partial charge in [-0.3, -0.25) is 9.59 Å². The number of para-hydroxylation sites is 1. The zero-order valence-electron chi connectivity index (χ0n) is 13.8. The normalized spacial score (nSPS) is 24.0. The Kier molecular flexibility index (Phi) is 6.01. The second-order valence-corrected chi connectivity index (χ2v) is 7.33. The maximum atomic E-state index is 12.3. The third-order valence-corrected chi connectivity index (χ3v) is 5.43. The minimum absolute atomic E-state index is 0.00765. The van der Waals surface area contributed by atoms with Crippen molar-refractivity contribution in [3.8, 4) is 5.75 Å². The molecule has 1 aromatic rings. The molecule has 2 atom stereocenters. The summed E-state index contributed by atoms with van der Waals surface area (Å²) in [7, 11) is 0. The maximum absolute atomic E-state index is 12.3. The smallest absolute Gasteiger partial charge is 0.281 e. The molecule has 130 valence electrons. The van der Waals surface area contributed by atoms with Gasteiger partial charge in [-0.1, -0.05) is 36.4 Å². The largest absolute Gasteiger partial charge is 0.488 e. The van der Waals surface area contributed by atoms with E-state index in [2.05, 4.69) is 5.32 Å². The fraction of sp³-hybridized carbons (Fsp3) is 0.556. The van der Waals surface area contributed by atoms with E-state index in [1.54, 1.807) is 4.90 Å². The van der Waals surface area contributed by atoms with Gasteiger partial charge in [-0.15, -0.1) is 0 Å². The van der Waals surface area contributed by atoms with Gasteiger partial charge in [-0.2, -0.15) is 0 Å². The standard InChI is InChI=1S/C18H24N2O3S/c21-17(10-11-20-12-13-24-18(20)22)19-15-8-4-5-9-16(15)23-14-6-2-1-3-7-14/h1-3,6-7,15-16H,4-5,8-13H2,(H,19,21)/t15-,16-/m0/s1. The van der Waals surface area contributed by atoms with E-state index in [0.29, 0.717) is 13.0 Å². The average molecular weight is 348 g/mol. The van der Waals surface area contributed by atoms with Crippen molar-refractivity contribution in [3.63, 3.8) is 0 Å². The summed E-state index contributed by atoms with van der Waals surface area (Å²) in [5.74, 6) is 1.69. The van der Waals surface area contributed by atoms with Gasteiger partial charge in [-0.25, -0.2) is 0 Å². The van der Waals surface area contributed by atoms with Crippen molar-refractivity contribution in [2.75, 3.05) is 18.8 Å². The first kappa shape index (κ1) is 17.1. The van der Waals surface area contributed by atoms with Gasteiger partial charge in [-0.05, 0) is 31.4 Å². The van der Waals surface area contributed by atoms with Gasteiger partial charge < -0.3 is 15.0 Å². The first-order chi connectivity index (χ1) is 11.7. The van der Waals surface area contributed by atoms with E-state index < -0.39 is 0 Å². The molecule has 0 aromatic heterocycles. The molecule has 0 bridgehead atoms. The molecule has 24 heavy (non-hydrogen) atoms. The van der Waals surface area contributed by atoms with Gasteiger partial charge in [0.2, 0.25) is 5.91 Å². The Bertz CT molecular complexity index is 567. The van der Waals surface area contributed by atoms with Gasteiger partial charge in [0.15, 0.2) is 0 Å². The summed E-state index contributed by atoms with van der Waals surface area (Å²) in [6.07, 6.45) is 4.53. The second-order valence-electron chi connectivity index (χ2n) is 6.28. The van der Waals surface area contributed by atoms with Gasteiger partial charge in [0.25, 0.3) is 5.24 Å². The Labute approximate surface area is 147 Å². The zero-order valence-corrected chi connectivity index (χ0v) is 14.6. The molecule has 0 spiro atoms. The molecular weight excluding hydrogens is 324 g/mol. The fourth-order valence-corrected chi connectivity index (χ4v) is 4.07. The predicted octanol–water partition coefficient (Wildman–Crippen LogP) is 3.05. The minimum Gasteiger partial charge on any atom is -0.488 e. The van der Waals surface area contributed by atoms with Crippen LogP contribution < -0.4 is 10.1 Å². The highest BCUT2D eigenvalue weighted by Crippen LogP contribution is 2.24. The highest BCUT2D eigenvalue weighted by Gasteiger charge is 2.28. The lowest BCUT2D eigenvalue weighted by Crippen LogP contribution is -2.48. The predicted molar refractivity (Wildman–Crippen MR) is 95.3 cm³/mol. The number of rotatable bonds is 6. The van der Waals surface area contributed by atoms with Crippen molar-refractivity contribution in [3.05, 3.63) is 30.3 Å². The molecule has 0 radical (unpaired) electrons. The van der Waals surface area contributed by atoms with Crippen LogP contribution in [0.3, 0.4) is 0 Å². The molecule has 2 fully saturated rings. The summed E-state index contributed by atoms with van der Waals surface area (Å²) in [5, 5.41) is 3.21. The van der Waals surface area contributed by atoms with Crippen LogP contribution in [0.1, 0.15) is 32.1 Å². The Hall–Kier alpha value is -1.69. The highest BCUT2D eigenvalue weighted by molar-refractivity contribution is 8.13. The molecule has 3 rings (SSSR count). The van der Waals surface area contributed by atoms with Crippen molar-refractivity contribution < 1.29 is 14.3 Å². The van der Waals surface area contributed by atoms with Crippen LogP contribution in [0.4, 0.5) is 4.79 Å². The second kappa shape index (κ2) is 8.42. The van der Waals surface area contributed by atoms with Gasteiger partial charge >= 0.3 is 0 Å². The highest BCUT2D eigenvalue weighted by atomic mass is 32.2. The Morgan fingerprint density at radius 2 is 2.04 bits per heavy atom. The number of carbonyl (C=O) groups excluding carboxylic acids is 2. The van der Waals surface area contributed by atoms with Crippen LogP contribution in [0.15, 0.2) is 30.3 Å². The van der Waals surface area contributed by atoms with Gasteiger partial charge in [0, 0.05) is 25.3 Å². The Morgan fingerprint density at radius 3 is 2.79 bits per heavy atom. The number of thioether (sulfide) groups is 1. The maximum Gasteiger partial charge on any atom is 0.281 e. The van der Waals surface area contributed by atoms with Crippen molar-refractivity contribution >= 4 is 22.9 Å². The van der Waals surface area contributed by atoms with Crippen molar-refractivity contribution in [2.45, 2.75) is 44.2 Å². The molecular formula is C18H24N2O3S. The number of nitrogens with zero attached hydrogens (tertiary/aromatic N) is 1. The molecule has 6 heteroatoms. The van der Waals surface area contributed by atoms with E-state index in [9.17, 15) is 9.59 Å². The topological polar surface area (TPSA) is 58.6 Å². The van der Waals surface area contributed by atoms with E-state index in [-0.39, 0.29) is 23.3 Å². The molecule has 1 heterocycles. The molecule has 1 aromatic carbocycles. The number of carbonyl (C=O) groups is 2. The van der Waals surface area contributed by atoms with Crippen LogP contribution >= 0.6 is 11.8 Å². The number of nitrogens with one attached hydrogen (secondary N) is 1. The van der Waals surface area contributed by atoms with Gasteiger partial charge in [0.05, 0.1) is 6.04 Å². The third kappa shape index (κ3) is 4.66. The van der Waals surface area contributed by atoms with Crippen LogP contribution in [0, 0.1) is 0 Å². The lowest BCUT2D eigenvalue weighted by molar-refractivity contribution is -0.123. The molecule has 1 aliphatic heterocycles. The quantitative estimate of drug-likeness (QED) is 0.858. The van der Waals surface area contributed by atoms with Crippen molar-refractivity contribution in [2.24, 2.45) is 0 Å². The number of hydrogen-bond donors (Lipinski definition) is 1. The van der Waals surface area contributed by atoms with E-state index in [1.165, 1.54) is 11.8 Å². The molecule has 2 aliphatic rings. The summed E-state index contributed by atoms with van der Waals surface area (Å²) in [6, 6.07) is 9.82. The van der Waals surface area contributed by atoms with Crippen LogP contribution in [-0.2, 0) is 4.79 Å². The summed E-state index contributed by atoms with van der Waals surface area (Å²) in [4.78, 5) is 25.6. The number of ether oxygens (including phenoxy) is 1. The summed E-state index contributed by atoms with van der Waals surface area (Å²) < 4.78 is 6.08. The summed E-state index contributed by atoms with van der Waals surface area (Å²) >= 11 is 1.33. The lowest BCUT2D eigenvalue weighted by atomic mass is 9.92. The molecule has 5 nitrogen and oxygen atoms in total. The SMILES string of the molecule is O=C(CCN1CCSC1=O)N[C@H]1CCCC[C@@H]1Oc1ccccc1. The van der Waals surface area contributed by atoms with Crippen LogP contribution in [-0.4, -0.2) is 47.0 Å².